The van der Waals surface area contributed by atoms with Crippen LogP contribution in [0.3, 0.4) is 0 Å². The first-order valence-corrected chi connectivity index (χ1v) is 13.6. The van der Waals surface area contributed by atoms with Crippen molar-refractivity contribution in [3.63, 3.8) is 0 Å². The molecule has 0 saturated heterocycles. The maximum absolute atomic E-state index is 12.7. The average Bonchev–Trinajstić information content (AvgIpc) is 3.15. The molecule has 0 aliphatic heterocycles. The quantitative estimate of drug-likeness (QED) is 0.398. The molecule has 1 atom stereocenters. The number of sulfone groups is 1. The summed E-state index contributed by atoms with van der Waals surface area (Å²) >= 11 is 0. The Kier molecular flexibility index (Phi) is 7.06. The summed E-state index contributed by atoms with van der Waals surface area (Å²) in [5.74, 6) is 1.35. The fraction of sp³-hybridized carbons (Fsp3) is 0.458. The molecule has 0 fully saturated rings. The van der Waals surface area contributed by atoms with Gasteiger partial charge in [-0.15, -0.1) is 0 Å². The summed E-state index contributed by atoms with van der Waals surface area (Å²) in [6, 6.07) is 7.71. The van der Waals surface area contributed by atoms with E-state index in [9.17, 15) is 13.2 Å². The Morgan fingerprint density at radius 3 is 2.71 bits per heavy atom. The number of aromatic amines is 1. The molecule has 0 spiro atoms. The van der Waals surface area contributed by atoms with E-state index in [2.05, 4.69) is 25.6 Å². The molecule has 0 saturated carbocycles. The van der Waals surface area contributed by atoms with Crippen LogP contribution in [0.4, 0.5) is 11.5 Å². The van der Waals surface area contributed by atoms with Crippen LogP contribution in [-0.2, 0) is 27.5 Å². The second-order valence-electron chi connectivity index (χ2n) is 9.06. The molecule has 182 valence electrons. The van der Waals surface area contributed by atoms with Gasteiger partial charge in [-0.2, -0.15) is 0 Å². The highest BCUT2D eigenvalue weighted by Gasteiger charge is 2.29. The number of carbonyl (C=O) groups is 1. The molecule has 0 unspecified atom stereocenters. The molecule has 1 aliphatic rings. The van der Waals surface area contributed by atoms with Crippen molar-refractivity contribution in [3.8, 4) is 5.75 Å². The minimum absolute atomic E-state index is 0.0411. The summed E-state index contributed by atoms with van der Waals surface area (Å²) in [6.07, 6.45) is 5.30. The van der Waals surface area contributed by atoms with Crippen molar-refractivity contribution in [2.24, 2.45) is 5.92 Å². The van der Waals surface area contributed by atoms with Crippen LogP contribution in [0.1, 0.15) is 37.9 Å². The molecule has 2 aromatic heterocycles. The third kappa shape index (κ3) is 5.85. The van der Waals surface area contributed by atoms with Gasteiger partial charge in [-0.1, -0.05) is 0 Å². The van der Waals surface area contributed by atoms with E-state index in [-0.39, 0.29) is 23.7 Å². The zero-order chi connectivity index (χ0) is 24.3. The zero-order valence-corrected chi connectivity index (χ0v) is 20.5. The molecule has 10 heteroatoms. The van der Waals surface area contributed by atoms with Gasteiger partial charge in [-0.05, 0) is 69.4 Å². The van der Waals surface area contributed by atoms with E-state index >= 15 is 0 Å². The van der Waals surface area contributed by atoms with E-state index in [0.717, 1.165) is 46.6 Å². The fourth-order valence-corrected chi connectivity index (χ4v) is 4.94. The molecule has 2 heterocycles. The molecule has 3 aromatic rings. The standard InChI is InChI=1S/C24H31N5O4S/c1-15(2)33-18-8-6-17(7-9-18)28-22-21-19-13-16(24(30)25-11-4-12-34(3,31)32)5-10-20(19)29-23(21)27-14-26-22/h6-9,14-16H,4-5,10-13H2,1-3H3,(H,25,30)(H2,26,27,28,29)/t16-/m0/s1. The number of hydrogen-bond acceptors (Lipinski definition) is 7. The molecule has 1 aromatic carbocycles. The zero-order valence-electron chi connectivity index (χ0n) is 19.7. The van der Waals surface area contributed by atoms with Crippen LogP contribution in [0.25, 0.3) is 11.0 Å². The van der Waals surface area contributed by atoms with Gasteiger partial charge in [0.25, 0.3) is 0 Å². The molecule has 9 nitrogen and oxygen atoms in total. The van der Waals surface area contributed by atoms with Crippen LogP contribution in [0, 0.1) is 5.92 Å². The molecule has 34 heavy (non-hydrogen) atoms. The first-order chi connectivity index (χ1) is 16.2. The van der Waals surface area contributed by atoms with Crippen molar-refractivity contribution in [1.82, 2.24) is 20.3 Å². The van der Waals surface area contributed by atoms with Crippen molar-refractivity contribution in [3.05, 3.63) is 41.9 Å². The lowest BCUT2D eigenvalue weighted by molar-refractivity contribution is -0.125. The van der Waals surface area contributed by atoms with Crippen molar-refractivity contribution in [1.29, 1.82) is 0 Å². The van der Waals surface area contributed by atoms with Gasteiger partial charge in [0.2, 0.25) is 5.91 Å². The number of hydrogen-bond donors (Lipinski definition) is 3. The topological polar surface area (TPSA) is 126 Å². The van der Waals surface area contributed by atoms with Gasteiger partial charge in [-0.25, -0.2) is 18.4 Å². The van der Waals surface area contributed by atoms with E-state index in [0.29, 0.717) is 25.2 Å². The largest absolute Gasteiger partial charge is 0.491 e. The highest BCUT2D eigenvalue weighted by Crippen LogP contribution is 2.35. The van der Waals surface area contributed by atoms with Crippen molar-refractivity contribution < 1.29 is 17.9 Å². The number of H-pyrrole nitrogens is 1. The summed E-state index contributed by atoms with van der Waals surface area (Å²) in [7, 11) is -3.03. The van der Waals surface area contributed by atoms with Crippen LogP contribution in [0.5, 0.6) is 5.75 Å². The van der Waals surface area contributed by atoms with Gasteiger partial charge >= 0.3 is 0 Å². The van der Waals surface area contributed by atoms with E-state index in [1.807, 2.05) is 38.1 Å². The second-order valence-corrected chi connectivity index (χ2v) is 11.3. The number of amides is 1. The fourth-order valence-electron chi connectivity index (χ4n) is 4.28. The maximum Gasteiger partial charge on any atom is 0.223 e. The molecule has 3 N–H and O–H groups in total. The van der Waals surface area contributed by atoms with Gasteiger partial charge < -0.3 is 20.4 Å². The minimum atomic E-state index is -3.03. The number of anilines is 2. The number of carbonyl (C=O) groups excluding carboxylic acids is 1. The van der Waals surface area contributed by atoms with Crippen molar-refractivity contribution in [2.75, 3.05) is 23.9 Å². The number of ether oxygens (including phenoxy) is 1. The Hall–Kier alpha value is -3.14. The molecule has 1 amide bonds. The third-order valence-electron chi connectivity index (χ3n) is 5.83. The van der Waals surface area contributed by atoms with Gasteiger partial charge in [0.15, 0.2) is 0 Å². The number of benzene rings is 1. The summed E-state index contributed by atoms with van der Waals surface area (Å²) in [6.45, 7) is 4.33. The Bertz CT molecular complexity index is 1270. The molecule has 4 rings (SSSR count). The number of rotatable bonds is 9. The normalized spacial score (nSPS) is 15.8. The Morgan fingerprint density at radius 2 is 2.00 bits per heavy atom. The average molecular weight is 486 g/mol. The van der Waals surface area contributed by atoms with Gasteiger partial charge in [-0.3, -0.25) is 4.79 Å². The predicted octanol–water partition coefficient (Wildman–Crippen LogP) is 3.14. The molecule has 0 radical (unpaired) electrons. The third-order valence-corrected chi connectivity index (χ3v) is 6.86. The van der Waals surface area contributed by atoms with E-state index < -0.39 is 9.84 Å². The summed E-state index contributed by atoms with van der Waals surface area (Å²) in [5, 5.41) is 7.17. The first kappa shape index (κ1) is 24.0. The van der Waals surface area contributed by atoms with E-state index in [1.165, 1.54) is 12.6 Å². The maximum atomic E-state index is 12.7. The number of aromatic nitrogens is 3. The van der Waals surface area contributed by atoms with E-state index in [4.69, 9.17) is 4.74 Å². The second kappa shape index (κ2) is 10.0. The molecular weight excluding hydrogens is 454 g/mol. The summed E-state index contributed by atoms with van der Waals surface area (Å²) < 4.78 is 28.3. The molecular formula is C24H31N5O4S. The summed E-state index contributed by atoms with van der Waals surface area (Å²) in [4.78, 5) is 25.0. The SMILES string of the molecule is CC(C)Oc1ccc(Nc2ncnc3[nH]c4c(c23)C[C@@H](C(=O)NCCCS(C)(=O)=O)CC4)cc1. The van der Waals surface area contributed by atoms with Crippen LogP contribution < -0.4 is 15.4 Å². The number of nitrogens with one attached hydrogen (secondary N) is 3. The Morgan fingerprint density at radius 1 is 1.24 bits per heavy atom. The lowest BCUT2D eigenvalue weighted by atomic mass is 9.86. The number of nitrogens with zero attached hydrogens (tertiary/aromatic N) is 2. The van der Waals surface area contributed by atoms with Crippen LogP contribution in [-0.4, -0.2) is 53.9 Å². The first-order valence-electron chi connectivity index (χ1n) is 11.5. The predicted molar refractivity (Wildman–Crippen MR) is 132 cm³/mol. The number of fused-ring (bicyclic) bond motifs is 3. The van der Waals surface area contributed by atoms with Gasteiger partial charge in [0.1, 0.15) is 33.4 Å². The Balaban J connectivity index is 1.49. The number of aryl methyl sites for hydroxylation is 1. The lowest BCUT2D eigenvalue weighted by Crippen LogP contribution is -2.35. The van der Waals surface area contributed by atoms with Crippen LogP contribution >= 0.6 is 0 Å². The highest BCUT2D eigenvalue weighted by molar-refractivity contribution is 7.90. The highest BCUT2D eigenvalue weighted by atomic mass is 32.2. The Labute approximate surface area is 199 Å². The molecule has 0 bridgehead atoms. The van der Waals surface area contributed by atoms with Gasteiger partial charge in [0.05, 0.1) is 17.2 Å². The van der Waals surface area contributed by atoms with Crippen molar-refractivity contribution >= 4 is 38.3 Å². The van der Waals surface area contributed by atoms with Crippen LogP contribution in [0.2, 0.25) is 0 Å². The van der Waals surface area contributed by atoms with Crippen molar-refractivity contribution in [2.45, 2.75) is 45.6 Å². The smallest absolute Gasteiger partial charge is 0.223 e. The lowest BCUT2D eigenvalue weighted by Gasteiger charge is -2.22. The monoisotopic (exact) mass is 485 g/mol. The van der Waals surface area contributed by atoms with Crippen LogP contribution in [0.15, 0.2) is 30.6 Å². The van der Waals surface area contributed by atoms with Gasteiger partial charge in [0, 0.05) is 30.1 Å². The van der Waals surface area contributed by atoms with E-state index in [1.54, 1.807) is 0 Å². The summed E-state index contributed by atoms with van der Waals surface area (Å²) in [5.41, 5.74) is 3.76. The minimum Gasteiger partial charge on any atom is -0.491 e. The molecule has 1 aliphatic carbocycles.